The first kappa shape index (κ1) is 20.6. The molecule has 3 aliphatic rings. The molecule has 3 heterocycles. The van der Waals surface area contributed by atoms with Crippen molar-refractivity contribution >= 4 is 34.9 Å². The maximum atomic E-state index is 14.1. The molecule has 0 aromatic heterocycles. The molecule has 1 N–H and O–H groups in total. The van der Waals surface area contributed by atoms with E-state index in [-0.39, 0.29) is 17.5 Å². The van der Waals surface area contributed by atoms with E-state index in [0.717, 1.165) is 22.4 Å². The van der Waals surface area contributed by atoms with Crippen LogP contribution in [-0.2, 0) is 15.0 Å². The quantitative estimate of drug-likeness (QED) is 0.597. The third-order valence-corrected chi connectivity index (χ3v) is 7.55. The van der Waals surface area contributed by atoms with E-state index in [9.17, 15) is 14.4 Å². The lowest BCUT2D eigenvalue weighted by Crippen LogP contribution is -2.51. The van der Waals surface area contributed by atoms with Crippen molar-refractivity contribution in [3.8, 4) is 0 Å². The average molecular weight is 449 g/mol. The smallest absolute Gasteiger partial charge is 0.238 e. The molecule has 1 amide bonds. The molecule has 0 saturated carbocycles. The second-order valence-corrected chi connectivity index (χ2v) is 9.41. The van der Waals surface area contributed by atoms with Crippen LogP contribution in [0.1, 0.15) is 34.0 Å². The maximum absolute atomic E-state index is 14.1. The molecule has 1 unspecified atom stereocenters. The molecule has 5 nitrogen and oxygen atoms in total. The molecule has 3 aliphatic heterocycles. The molecule has 3 aromatic carbocycles. The first-order valence-corrected chi connectivity index (χ1v) is 11.5. The minimum atomic E-state index is -1.20. The van der Waals surface area contributed by atoms with Crippen LogP contribution in [0.15, 0.2) is 78.9 Å². The molecule has 34 heavy (non-hydrogen) atoms. The molecule has 0 aliphatic carbocycles. The molecule has 3 aromatic rings. The summed E-state index contributed by atoms with van der Waals surface area (Å²) in [6.07, 6.45) is 4.00. The highest BCUT2D eigenvalue weighted by Gasteiger charge is 2.69. The first-order valence-electron chi connectivity index (χ1n) is 11.5. The topological polar surface area (TPSA) is 66.5 Å². The molecule has 1 fully saturated rings. The van der Waals surface area contributed by atoms with E-state index < -0.39 is 23.4 Å². The summed E-state index contributed by atoms with van der Waals surface area (Å²) in [5.41, 5.74) is 3.66. The highest BCUT2D eigenvalue weighted by atomic mass is 16.2. The number of rotatable bonds is 3. The lowest BCUT2D eigenvalue weighted by atomic mass is 9.65. The predicted molar refractivity (Wildman–Crippen MR) is 132 cm³/mol. The second-order valence-electron chi connectivity index (χ2n) is 9.41. The number of hydrogen-bond acceptors (Lipinski definition) is 4. The number of Topliss-reactive ketones (excluding diaryl/α,β-unsaturated/α-hetero) is 2. The van der Waals surface area contributed by atoms with Crippen molar-refractivity contribution in [1.29, 1.82) is 0 Å². The van der Waals surface area contributed by atoms with Crippen LogP contribution in [0.2, 0.25) is 0 Å². The van der Waals surface area contributed by atoms with E-state index >= 15 is 0 Å². The van der Waals surface area contributed by atoms with Crippen molar-refractivity contribution in [2.24, 2.45) is 5.92 Å². The van der Waals surface area contributed by atoms with Gasteiger partial charge in [0.2, 0.25) is 5.91 Å². The van der Waals surface area contributed by atoms with Crippen LogP contribution >= 0.6 is 0 Å². The van der Waals surface area contributed by atoms with Crippen LogP contribution in [0.25, 0.3) is 6.08 Å². The number of fused-ring (bicyclic) bond motifs is 6. The number of carbonyl (C=O) groups is 3. The first-order chi connectivity index (χ1) is 16.4. The fourth-order valence-electron chi connectivity index (χ4n) is 6.24. The van der Waals surface area contributed by atoms with Gasteiger partial charge in [-0.2, -0.15) is 0 Å². The predicted octanol–water partition coefficient (Wildman–Crippen LogP) is 4.56. The monoisotopic (exact) mass is 448 g/mol. The number of aryl methyl sites for hydroxylation is 1. The summed E-state index contributed by atoms with van der Waals surface area (Å²) in [7, 11) is 0. The molecule has 1 saturated heterocycles. The van der Waals surface area contributed by atoms with Gasteiger partial charge in [-0.3, -0.25) is 14.4 Å². The Bertz CT molecular complexity index is 1390. The standard InChI is InChI=1S/C29H24N2O3/c1-17-12-14-22-21(16-17)29(28(34)30-22)24-15-13-19-8-6-7-11-23(19)31(24)26(25(29)18(2)32)27(33)20-9-4-3-5-10-20/h3-16,24-26H,1-2H3,(H,30,34)/t24?,25-,26+,29-/m0/s1. The summed E-state index contributed by atoms with van der Waals surface area (Å²) in [6, 6.07) is 21.5. The third-order valence-electron chi connectivity index (χ3n) is 7.55. The number of ketones is 2. The Balaban J connectivity index is 1.67. The van der Waals surface area contributed by atoms with Gasteiger partial charge in [0, 0.05) is 16.9 Å². The molecule has 5 heteroatoms. The number of nitrogens with zero attached hydrogens (tertiary/aromatic N) is 1. The zero-order valence-electron chi connectivity index (χ0n) is 19.0. The summed E-state index contributed by atoms with van der Waals surface area (Å²) in [6.45, 7) is 3.48. The lowest BCUT2D eigenvalue weighted by molar-refractivity contribution is -0.130. The van der Waals surface area contributed by atoms with Gasteiger partial charge in [-0.05, 0) is 37.1 Å². The molecule has 6 rings (SSSR count). The van der Waals surface area contributed by atoms with Crippen molar-refractivity contribution in [1.82, 2.24) is 0 Å². The lowest BCUT2D eigenvalue weighted by Gasteiger charge is -2.37. The van der Waals surface area contributed by atoms with Crippen molar-refractivity contribution in [3.05, 3.63) is 101 Å². The van der Waals surface area contributed by atoms with Gasteiger partial charge in [0.15, 0.2) is 5.78 Å². The van der Waals surface area contributed by atoms with Crippen molar-refractivity contribution in [2.45, 2.75) is 31.3 Å². The number of benzene rings is 3. The van der Waals surface area contributed by atoms with Gasteiger partial charge in [-0.25, -0.2) is 0 Å². The van der Waals surface area contributed by atoms with Crippen LogP contribution in [0.4, 0.5) is 11.4 Å². The third kappa shape index (κ3) is 2.58. The van der Waals surface area contributed by atoms with Crippen LogP contribution < -0.4 is 10.2 Å². The Morgan fingerprint density at radius 1 is 0.971 bits per heavy atom. The normalized spacial score (nSPS) is 26.1. The minimum Gasteiger partial charge on any atom is -0.352 e. The molecular formula is C29H24N2O3. The minimum absolute atomic E-state index is 0.151. The van der Waals surface area contributed by atoms with Gasteiger partial charge in [0.25, 0.3) is 0 Å². The van der Waals surface area contributed by atoms with Gasteiger partial charge in [0.1, 0.15) is 17.2 Å². The van der Waals surface area contributed by atoms with Gasteiger partial charge < -0.3 is 10.2 Å². The Kier molecular flexibility index (Phi) is 4.40. The van der Waals surface area contributed by atoms with Gasteiger partial charge >= 0.3 is 0 Å². The van der Waals surface area contributed by atoms with Crippen LogP contribution in [-0.4, -0.2) is 29.6 Å². The Morgan fingerprint density at radius 2 is 1.71 bits per heavy atom. The zero-order valence-corrected chi connectivity index (χ0v) is 19.0. The number of carbonyl (C=O) groups excluding carboxylic acids is 3. The number of para-hydroxylation sites is 1. The second kappa shape index (κ2) is 7.26. The Labute approximate surface area is 198 Å². The number of anilines is 2. The van der Waals surface area contributed by atoms with E-state index in [1.165, 1.54) is 6.92 Å². The van der Waals surface area contributed by atoms with Gasteiger partial charge in [-0.1, -0.05) is 78.4 Å². The van der Waals surface area contributed by atoms with Crippen molar-refractivity contribution in [2.75, 3.05) is 10.2 Å². The van der Waals surface area contributed by atoms with E-state index in [0.29, 0.717) is 11.3 Å². The maximum Gasteiger partial charge on any atom is 0.238 e. The number of nitrogens with one attached hydrogen (secondary N) is 1. The fourth-order valence-corrected chi connectivity index (χ4v) is 6.24. The van der Waals surface area contributed by atoms with Gasteiger partial charge in [-0.15, -0.1) is 0 Å². The molecule has 0 radical (unpaired) electrons. The summed E-state index contributed by atoms with van der Waals surface area (Å²) >= 11 is 0. The molecule has 168 valence electrons. The summed E-state index contributed by atoms with van der Waals surface area (Å²) in [4.78, 5) is 43.5. The van der Waals surface area contributed by atoms with Crippen LogP contribution in [0.3, 0.4) is 0 Å². The van der Waals surface area contributed by atoms with Gasteiger partial charge in [0.05, 0.1) is 12.0 Å². The Morgan fingerprint density at radius 3 is 2.47 bits per heavy atom. The van der Waals surface area contributed by atoms with E-state index in [1.807, 2.05) is 84.6 Å². The Hall–Kier alpha value is -3.99. The van der Waals surface area contributed by atoms with E-state index in [4.69, 9.17) is 0 Å². The summed E-state index contributed by atoms with van der Waals surface area (Å²) in [5, 5.41) is 3.04. The summed E-state index contributed by atoms with van der Waals surface area (Å²) < 4.78 is 0. The van der Waals surface area contributed by atoms with Crippen LogP contribution in [0, 0.1) is 12.8 Å². The number of hydrogen-bond donors (Lipinski definition) is 1. The molecule has 0 bridgehead atoms. The average Bonchev–Trinajstić information content (AvgIpc) is 3.32. The van der Waals surface area contributed by atoms with Crippen molar-refractivity contribution in [3.63, 3.8) is 0 Å². The SMILES string of the molecule is CC(=O)[C@H]1[C@H](C(=O)c2ccccc2)N2c3ccccc3C=CC2[C@]12C(=O)Nc1ccc(C)cc12. The molecule has 4 atom stereocenters. The van der Waals surface area contributed by atoms with Crippen LogP contribution in [0.5, 0.6) is 0 Å². The van der Waals surface area contributed by atoms with E-state index in [1.54, 1.807) is 12.1 Å². The number of amides is 1. The molecule has 1 spiro atoms. The molecular weight excluding hydrogens is 424 g/mol. The zero-order chi connectivity index (χ0) is 23.6. The highest BCUT2D eigenvalue weighted by molar-refractivity contribution is 6.16. The fraction of sp³-hybridized carbons (Fsp3) is 0.207. The highest BCUT2D eigenvalue weighted by Crippen LogP contribution is 2.57. The summed E-state index contributed by atoms with van der Waals surface area (Å²) in [5.74, 6) is -1.39. The van der Waals surface area contributed by atoms with Crippen molar-refractivity contribution < 1.29 is 14.4 Å². The van der Waals surface area contributed by atoms with E-state index in [2.05, 4.69) is 5.32 Å². The largest absolute Gasteiger partial charge is 0.352 e.